The maximum atomic E-state index is 13.2. The van der Waals surface area contributed by atoms with E-state index >= 15 is 0 Å². The molecule has 164 valence electrons. The van der Waals surface area contributed by atoms with Crippen molar-refractivity contribution in [1.82, 2.24) is 14.8 Å². The molecule has 0 aliphatic heterocycles. The monoisotopic (exact) mass is 430 g/mol. The fourth-order valence-electron chi connectivity index (χ4n) is 2.75. The molecule has 2 aromatic rings. The molecule has 30 heavy (non-hydrogen) atoms. The summed E-state index contributed by atoms with van der Waals surface area (Å²) in [5.74, 6) is 0.295. The van der Waals surface area contributed by atoms with Gasteiger partial charge in [0.15, 0.2) is 5.82 Å². The molecule has 0 aliphatic carbocycles. The minimum Gasteiger partial charge on any atom is -0.341 e. The standard InChI is InChI=1S/C17H21F3N6O4/c1-6-23(7-2)15-21-14(16(3,4)5)22-24(15)13-11(25(27)28)8-10(17(18,19)20)9-12(13)26(29)30/h8-9H,6-7H2,1-5H3. The first-order valence-corrected chi connectivity index (χ1v) is 8.99. The summed E-state index contributed by atoms with van der Waals surface area (Å²) in [6.07, 6.45) is -5.01. The molecule has 0 N–H and O–H groups in total. The predicted molar refractivity (Wildman–Crippen MR) is 102 cm³/mol. The number of benzene rings is 1. The summed E-state index contributed by atoms with van der Waals surface area (Å²) >= 11 is 0. The Morgan fingerprint density at radius 2 is 1.50 bits per heavy atom. The Morgan fingerprint density at radius 1 is 1.03 bits per heavy atom. The molecule has 1 aromatic heterocycles. The third-order valence-corrected chi connectivity index (χ3v) is 4.31. The molecule has 10 nitrogen and oxygen atoms in total. The Morgan fingerprint density at radius 3 is 1.83 bits per heavy atom. The van der Waals surface area contributed by atoms with E-state index in [4.69, 9.17) is 0 Å². The van der Waals surface area contributed by atoms with E-state index in [1.54, 1.807) is 39.5 Å². The predicted octanol–water partition coefficient (Wildman–Crippen LogP) is 4.25. The number of halogens is 3. The Kier molecular flexibility index (Phi) is 6.05. The molecule has 0 aliphatic rings. The van der Waals surface area contributed by atoms with E-state index in [9.17, 15) is 33.4 Å². The first-order chi connectivity index (χ1) is 13.7. The van der Waals surface area contributed by atoms with Crippen molar-refractivity contribution in [3.05, 3.63) is 43.7 Å². The van der Waals surface area contributed by atoms with Gasteiger partial charge in [0.25, 0.3) is 0 Å². The van der Waals surface area contributed by atoms with Gasteiger partial charge in [0.1, 0.15) is 0 Å². The molecule has 0 saturated carbocycles. The fraction of sp³-hybridized carbons (Fsp3) is 0.529. The summed E-state index contributed by atoms with van der Waals surface area (Å²) in [4.78, 5) is 27.1. The normalized spacial score (nSPS) is 12.1. The zero-order chi connectivity index (χ0) is 23.0. The number of nitro benzene ring substituents is 2. The third-order valence-electron chi connectivity index (χ3n) is 4.31. The van der Waals surface area contributed by atoms with Gasteiger partial charge in [-0.2, -0.15) is 22.8 Å². The zero-order valence-corrected chi connectivity index (χ0v) is 17.0. The van der Waals surface area contributed by atoms with Crippen LogP contribution >= 0.6 is 0 Å². The van der Waals surface area contributed by atoms with E-state index in [1.165, 1.54) is 0 Å². The SMILES string of the molecule is CCN(CC)c1nc(C(C)(C)C)nn1-c1c([N+](=O)[O-])cc(C(F)(F)F)cc1[N+](=O)[O-]. The van der Waals surface area contributed by atoms with Crippen LogP contribution in [0, 0.1) is 20.2 Å². The average molecular weight is 430 g/mol. The molecular formula is C17H21F3N6O4. The van der Waals surface area contributed by atoms with E-state index in [-0.39, 0.29) is 23.9 Å². The van der Waals surface area contributed by atoms with Crippen molar-refractivity contribution >= 4 is 17.3 Å². The van der Waals surface area contributed by atoms with Crippen LogP contribution in [0.15, 0.2) is 12.1 Å². The molecule has 1 aromatic carbocycles. The van der Waals surface area contributed by atoms with Gasteiger partial charge in [0.2, 0.25) is 11.6 Å². The molecule has 0 amide bonds. The second-order valence-electron chi connectivity index (χ2n) is 7.44. The largest absolute Gasteiger partial charge is 0.416 e. The first kappa shape index (κ1) is 23.0. The number of aromatic nitrogens is 3. The highest BCUT2D eigenvalue weighted by Gasteiger charge is 2.40. The van der Waals surface area contributed by atoms with Crippen molar-refractivity contribution in [2.75, 3.05) is 18.0 Å². The van der Waals surface area contributed by atoms with E-state index in [2.05, 4.69) is 10.1 Å². The van der Waals surface area contributed by atoms with Crippen molar-refractivity contribution in [3.8, 4) is 5.69 Å². The number of anilines is 1. The lowest BCUT2D eigenvalue weighted by atomic mass is 9.96. The lowest BCUT2D eigenvalue weighted by Crippen LogP contribution is -2.26. The van der Waals surface area contributed by atoms with Gasteiger partial charge in [-0.05, 0) is 13.8 Å². The molecule has 0 atom stereocenters. The van der Waals surface area contributed by atoms with Crippen LogP contribution in [-0.2, 0) is 11.6 Å². The Labute approximate surface area is 169 Å². The summed E-state index contributed by atoms with van der Waals surface area (Å²) in [6, 6.07) is 0.541. The lowest BCUT2D eigenvalue weighted by molar-refractivity contribution is -0.394. The van der Waals surface area contributed by atoms with Crippen LogP contribution < -0.4 is 4.90 Å². The van der Waals surface area contributed by atoms with Gasteiger partial charge in [-0.1, -0.05) is 20.8 Å². The van der Waals surface area contributed by atoms with E-state index < -0.39 is 44.1 Å². The first-order valence-electron chi connectivity index (χ1n) is 8.99. The number of hydrogen-bond donors (Lipinski definition) is 0. The van der Waals surface area contributed by atoms with Gasteiger partial charge in [-0.25, -0.2) is 0 Å². The second kappa shape index (κ2) is 7.88. The second-order valence-corrected chi connectivity index (χ2v) is 7.44. The van der Waals surface area contributed by atoms with Gasteiger partial charge >= 0.3 is 17.6 Å². The van der Waals surface area contributed by atoms with Crippen LogP contribution in [0.1, 0.15) is 46.0 Å². The van der Waals surface area contributed by atoms with Crippen LogP contribution in [0.3, 0.4) is 0 Å². The molecule has 0 radical (unpaired) electrons. The van der Waals surface area contributed by atoms with E-state index in [0.717, 1.165) is 4.68 Å². The Hall–Kier alpha value is -3.25. The summed E-state index contributed by atoms with van der Waals surface area (Å²) in [5, 5.41) is 27.4. The van der Waals surface area contributed by atoms with Gasteiger partial charge in [0.05, 0.1) is 15.4 Å². The van der Waals surface area contributed by atoms with Gasteiger partial charge in [-0.15, -0.1) is 5.10 Å². The molecule has 0 spiro atoms. The van der Waals surface area contributed by atoms with Gasteiger partial charge in [0, 0.05) is 30.6 Å². The van der Waals surface area contributed by atoms with Crippen LogP contribution in [-0.4, -0.2) is 37.7 Å². The minimum atomic E-state index is -5.01. The van der Waals surface area contributed by atoms with Crippen LogP contribution in [0.2, 0.25) is 0 Å². The Balaban J connectivity index is 3.00. The summed E-state index contributed by atoms with van der Waals surface area (Å²) in [6.45, 7) is 9.64. The van der Waals surface area contributed by atoms with Crippen molar-refractivity contribution in [2.24, 2.45) is 0 Å². The zero-order valence-electron chi connectivity index (χ0n) is 17.0. The van der Waals surface area contributed by atoms with Crippen molar-refractivity contribution < 1.29 is 23.0 Å². The molecular weight excluding hydrogens is 409 g/mol. The summed E-state index contributed by atoms with van der Waals surface area (Å²) < 4.78 is 40.5. The smallest absolute Gasteiger partial charge is 0.341 e. The summed E-state index contributed by atoms with van der Waals surface area (Å²) in [7, 11) is 0. The van der Waals surface area contributed by atoms with Crippen molar-refractivity contribution in [1.29, 1.82) is 0 Å². The number of hydrogen-bond acceptors (Lipinski definition) is 7. The maximum absolute atomic E-state index is 13.2. The molecule has 2 rings (SSSR count). The lowest BCUT2D eigenvalue weighted by Gasteiger charge is -2.20. The van der Waals surface area contributed by atoms with E-state index in [0.29, 0.717) is 13.1 Å². The number of rotatable bonds is 6. The number of nitrogens with zero attached hydrogens (tertiary/aromatic N) is 6. The van der Waals surface area contributed by atoms with E-state index in [1.807, 2.05) is 0 Å². The summed E-state index contributed by atoms with van der Waals surface area (Å²) in [5.41, 5.74) is -4.97. The molecule has 13 heteroatoms. The van der Waals surface area contributed by atoms with Crippen molar-refractivity contribution in [2.45, 2.75) is 46.2 Å². The fourth-order valence-corrected chi connectivity index (χ4v) is 2.75. The molecule has 1 heterocycles. The molecule has 0 bridgehead atoms. The molecule has 0 fully saturated rings. The average Bonchev–Trinajstić information content (AvgIpc) is 3.06. The minimum absolute atomic E-state index is 0.0656. The highest BCUT2D eigenvalue weighted by Crippen LogP contribution is 2.41. The highest BCUT2D eigenvalue weighted by molar-refractivity contribution is 5.69. The Bertz CT molecular complexity index is 942. The third kappa shape index (κ3) is 4.33. The molecule has 0 unspecified atom stereocenters. The van der Waals surface area contributed by atoms with Crippen molar-refractivity contribution in [3.63, 3.8) is 0 Å². The topological polar surface area (TPSA) is 120 Å². The van der Waals surface area contributed by atoms with Crippen LogP contribution in [0.4, 0.5) is 30.5 Å². The maximum Gasteiger partial charge on any atom is 0.416 e. The number of nitro groups is 2. The quantitative estimate of drug-likeness (QED) is 0.496. The highest BCUT2D eigenvalue weighted by atomic mass is 19.4. The molecule has 0 saturated heterocycles. The van der Waals surface area contributed by atoms with Crippen LogP contribution in [0.5, 0.6) is 0 Å². The van der Waals surface area contributed by atoms with Crippen LogP contribution in [0.25, 0.3) is 5.69 Å². The van der Waals surface area contributed by atoms with Gasteiger partial charge in [-0.3, -0.25) is 20.2 Å². The van der Waals surface area contributed by atoms with Gasteiger partial charge < -0.3 is 4.90 Å². The number of alkyl halides is 3.